The van der Waals surface area contributed by atoms with E-state index in [-0.39, 0.29) is 5.75 Å². The smallest absolute Gasteiger partial charge is 0.141 e. The first-order valence-electron chi connectivity index (χ1n) is 3.88. The van der Waals surface area contributed by atoms with E-state index in [2.05, 4.69) is 0 Å². The van der Waals surface area contributed by atoms with E-state index in [1.807, 2.05) is 12.1 Å². The van der Waals surface area contributed by atoms with Crippen LogP contribution in [0.5, 0.6) is 5.75 Å². The highest BCUT2D eigenvalue weighted by molar-refractivity contribution is 6.17. The maximum atomic E-state index is 9.46. The zero-order chi connectivity index (χ0) is 8.97. The molecular weight excluding hydrogens is 174 g/mol. The number of hydrogen-bond donors (Lipinski definition) is 2. The van der Waals surface area contributed by atoms with Crippen molar-refractivity contribution in [2.24, 2.45) is 0 Å². The van der Waals surface area contributed by atoms with Crippen LogP contribution in [0, 0.1) is 0 Å². The quantitative estimate of drug-likeness (QED) is 0.431. The van der Waals surface area contributed by atoms with E-state index in [0.29, 0.717) is 11.6 Å². The van der Waals surface area contributed by atoms with Crippen LogP contribution in [-0.2, 0) is 6.42 Å². The molecule has 0 atom stereocenters. The fraction of sp³-hybridized carbons (Fsp3) is 0.333. The summed E-state index contributed by atoms with van der Waals surface area (Å²) in [5.41, 5.74) is 6.81. The van der Waals surface area contributed by atoms with E-state index in [0.717, 1.165) is 18.4 Å². The Labute approximate surface area is 77.0 Å². The number of nitrogen functional groups attached to an aromatic ring is 1. The number of aryl methyl sites for hydroxylation is 1. The molecule has 0 radical (unpaired) electrons. The van der Waals surface area contributed by atoms with Gasteiger partial charge in [0.2, 0.25) is 0 Å². The largest absolute Gasteiger partial charge is 0.506 e. The summed E-state index contributed by atoms with van der Waals surface area (Å²) in [7, 11) is 0. The van der Waals surface area contributed by atoms with Crippen LogP contribution in [0.3, 0.4) is 0 Å². The molecule has 0 unspecified atom stereocenters. The number of anilines is 1. The minimum absolute atomic E-state index is 0.197. The summed E-state index contributed by atoms with van der Waals surface area (Å²) in [6.45, 7) is 0. The van der Waals surface area contributed by atoms with Gasteiger partial charge in [-0.15, -0.1) is 11.6 Å². The van der Waals surface area contributed by atoms with Crippen LogP contribution in [-0.4, -0.2) is 11.0 Å². The molecule has 0 fully saturated rings. The molecule has 1 aromatic carbocycles. The standard InChI is InChI=1S/C9H12ClNO/c10-6-2-4-7-3-1-5-8(11)9(7)12/h1,3,5,12H,2,4,6,11H2. The first-order chi connectivity index (χ1) is 5.75. The van der Waals surface area contributed by atoms with Gasteiger partial charge in [0.25, 0.3) is 0 Å². The van der Waals surface area contributed by atoms with Gasteiger partial charge in [0.1, 0.15) is 5.75 Å². The van der Waals surface area contributed by atoms with Crippen molar-refractivity contribution in [3.8, 4) is 5.75 Å². The van der Waals surface area contributed by atoms with Crippen molar-refractivity contribution in [1.82, 2.24) is 0 Å². The molecule has 66 valence electrons. The molecule has 0 aliphatic carbocycles. The number of phenols is 1. The average molecular weight is 186 g/mol. The average Bonchev–Trinajstić information content (AvgIpc) is 2.08. The van der Waals surface area contributed by atoms with Crippen molar-refractivity contribution in [3.63, 3.8) is 0 Å². The molecule has 1 aromatic rings. The van der Waals surface area contributed by atoms with Gasteiger partial charge in [-0.2, -0.15) is 0 Å². The molecule has 0 saturated carbocycles. The minimum Gasteiger partial charge on any atom is -0.506 e. The Balaban J connectivity index is 2.78. The first-order valence-corrected chi connectivity index (χ1v) is 4.41. The monoisotopic (exact) mass is 185 g/mol. The number of aromatic hydroxyl groups is 1. The van der Waals surface area contributed by atoms with Crippen molar-refractivity contribution in [1.29, 1.82) is 0 Å². The van der Waals surface area contributed by atoms with Crippen molar-refractivity contribution < 1.29 is 5.11 Å². The Morgan fingerprint density at radius 1 is 1.42 bits per heavy atom. The lowest BCUT2D eigenvalue weighted by Crippen LogP contribution is -1.91. The van der Waals surface area contributed by atoms with E-state index in [4.69, 9.17) is 17.3 Å². The molecule has 1 rings (SSSR count). The zero-order valence-corrected chi connectivity index (χ0v) is 7.51. The second-order valence-electron chi connectivity index (χ2n) is 2.65. The van der Waals surface area contributed by atoms with Gasteiger partial charge in [0.15, 0.2) is 0 Å². The SMILES string of the molecule is Nc1cccc(CCCCl)c1O. The van der Waals surface area contributed by atoms with Crippen LogP contribution in [0.25, 0.3) is 0 Å². The Bertz CT molecular complexity index is 263. The lowest BCUT2D eigenvalue weighted by molar-refractivity contribution is 0.470. The van der Waals surface area contributed by atoms with Gasteiger partial charge in [-0.3, -0.25) is 0 Å². The number of hydrogen-bond acceptors (Lipinski definition) is 2. The highest BCUT2D eigenvalue weighted by atomic mass is 35.5. The normalized spacial score (nSPS) is 10.1. The summed E-state index contributed by atoms with van der Waals surface area (Å²) in [6.07, 6.45) is 1.64. The van der Waals surface area contributed by atoms with E-state index in [9.17, 15) is 5.11 Å². The molecule has 0 aromatic heterocycles. The first kappa shape index (κ1) is 9.20. The molecule has 2 nitrogen and oxygen atoms in total. The molecule has 3 N–H and O–H groups in total. The van der Waals surface area contributed by atoms with Crippen LogP contribution < -0.4 is 5.73 Å². The lowest BCUT2D eigenvalue weighted by atomic mass is 10.1. The predicted molar refractivity (Wildman–Crippen MR) is 51.6 cm³/mol. The maximum Gasteiger partial charge on any atom is 0.141 e. The Morgan fingerprint density at radius 2 is 2.17 bits per heavy atom. The fourth-order valence-electron chi connectivity index (χ4n) is 1.07. The summed E-state index contributed by atoms with van der Waals surface area (Å²) >= 11 is 5.53. The van der Waals surface area contributed by atoms with Crippen LogP contribution in [0.15, 0.2) is 18.2 Å². The Morgan fingerprint density at radius 3 is 2.83 bits per heavy atom. The van der Waals surface area contributed by atoms with Crippen molar-refractivity contribution in [2.45, 2.75) is 12.8 Å². The van der Waals surface area contributed by atoms with Crippen molar-refractivity contribution >= 4 is 17.3 Å². The molecule has 0 heterocycles. The lowest BCUT2D eigenvalue weighted by Gasteiger charge is -2.04. The van der Waals surface area contributed by atoms with Gasteiger partial charge in [0.05, 0.1) is 5.69 Å². The third-order valence-electron chi connectivity index (χ3n) is 1.73. The summed E-state index contributed by atoms with van der Waals surface area (Å²) in [4.78, 5) is 0. The summed E-state index contributed by atoms with van der Waals surface area (Å²) in [6, 6.07) is 5.37. The summed E-state index contributed by atoms with van der Waals surface area (Å²) in [5.74, 6) is 0.802. The number of halogens is 1. The molecule has 0 bridgehead atoms. The van der Waals surface area contributed by atoms with Crippen molar-refractivity contribution in [2.75, 3.05) is 11.6 Å². The molecular formula is C9H12ClNO. The second-order valence-corrected chi connectivity index (χ2v) is 3.03. The summed E-state index contributed by atoms with van der Waals surface area (Å²) in [5, 5.41) is 9.46. The second kappa shape index (κ2) is 4.21. The number of alkyl halides is 1. The predicted octanol–water partition coefficient (Wildman–Crippen LogP) is 2.15. The van der Waals surface area contributed by atoms with Gasteiger partial charge < -0.3 is 10.8 Å². The van der Waals surface area contributed by atoms with E-state index in [1.165, 1.54) is 0 Å². The van der Waals surface area contributed by atoms with Gasteiger partial charge in [-0.1, -0.05) is 12.1 Å². The summed E-state index contributed by atoms with van der Waals surface area (Å²) < 4.78 is 0. The van der Waals surface area contributed by atoms with E-state index in [1.54, 1.807) is 6.07 Å². The molecule has 0 aliphatic heterocycles. The molecule has 12 heavy (non-hydrogen) atoms. The number of phenolic OH excluding ortho intramolecular Hbond substituents is 1. The number of rotatable bonds is 3. The minimum atomic E-state index is 0.197. The van der Waals surface area contributed by atoms with Gasteiger partial charge in [-0.25, -0.2) is 0 Å². The number of nitrogens with two attached hydrogens (primary N) is 1. The van der Waals surface area contributed by atoms with Gasteiger partial charge >= 0.3 is 0 Å². The third-order valence-corrected chi connectivity index (χ3v) is 2.00. The van der Waals surface area contributed by atoms with Gasteiger partial charge in [0, 0.05) is 5.88 Å². The highest BCUT2D eigenvalue weighted by Gasteiger charge is 2.02. The van der Waals surface area contributed by atoms with Crippen LogP contribution in [0.2, 0.25) is 0 Å². The molecule has 0 amide bonds. The van der Waals surface area contributed by atoms with E-state index >= 15 is 0 Å². The topological polar surface area (TPSA) is 46.2 Å². The third kappa shape index (κ3) is 2.05. The Kier molecular flexibility index (Phi) is 3.23. The fourth-order valence-corrected chi connectivity index (χ4v) is 1.20. The highest BCUT2D eigenvalue weighted by Crippen LogP contribution is 2.25. The van der Waals surface area contributed by atoms with Gasteiger partial charge in [-0.05, 0) is 24.5 Å². The maximum absolute atomic E-state index is 9.46. The Hall–Kier alpha value is -0.890. The van der Waals surface area contributed by atoms with Crippen molar-refractivity contribution in [3.05, 3.63) is 23.8 Å². The van der Waals surface area contributed by atoms with E-state index < -0.39 is 0 Å². The van der Waals surface area contributed by atoms with Crippen LogP contribution in [0.1, 0.15) is 12.0 Å². The van der Waals surface area contributed by atoms with Crippen LogP contribution >= 0.6 is 11.6 Å². The molecule has 0 spiro atoms. The molecule has 0 saturated heterocycles. The molecule has 3 heteroatoms. The zero-order valence-electron chi connectivity index (χ0n) is 6.76. The number of benzene rings is 1. The number of para-hydroxylation sites is 1. The molecule has 0 aliphatic rings. The van der Waals surface area contributed by atoms with Crippen LogP contribution in [0.4, 0.5) is 5.69 Å².